The van der Waals surface area contributed by atoms with Crippen LogP contribution in [-0.4, -0.2) is 67.3 Å². The average Bonchev–Trinajstić information content (AvgIpc) is 2.57. The zero-order valence-corrected chi connectivity index (χ0v) is 16.4. The van der Waals surface area contributed by atoms with Crippen LogP contribution in [0.25, 0.3) is 10.4 Å². The van der Waals surface area contributed by atoms with Gasteiger partial charge in [0.2, 0.25) is 0 Å². The number of carbonyl (C=O) groups is 2. The molecule has 0 heterocycles. The Labute approximate surface area is 159 Å². The molecule has 2 N–H and O–H groups in total. The third kappa shape index (κ3) is 14.1. The molecule has 0 saturated carbocycles. The number of azide groups is 1. The summed E-state index contributed by atoms with van der Waals surface area (Å²) >= 11 is 0. The Morgan fingerprint density at radius 1 is 1.26 bits per heavy atom. The van der Waals surface area contributed by atoms with Crippen LogP contribution < -0.4 is 5.84 Å². The fraction of sp³-hybridized carbons (Fsp3) is 0.750. The Balaban J connectivity index is 4.74. The van der Waals surface area contributed by atoms with Gasteiger partial charge in [-0.3, -0.25) is 9.79 Å². The first-order valence-corrected chi connectivity index (χ1v) is 8.58. The van der Waals surface area contributed by atoms with E-state index in [0.717, 1.165) is 0 Å². The third-order valence-corrected chi connectivity index (χ3v) is 2.90. The highest BCUT2D eigenvalue weighted by molar-refractivity contribution is 6.31. The molecule has 1 amide bonds. The molecule has 0 unspecified atom stereocenters. The molecule has 0 aromatic heterocycles. The van der Waals surface area contributed by atoms with Crippen molar-refractivity contribution in [3.8, 4) is 0 Å². The number of rotatable bonds is 11. The predicted octanol–water partition coefficient (Wildman–Crippen LogP) is 2.26. The van der Waals surface area contributed by atoms with Crippen LogP contribution in [0.2, 0.25) is 0 Å². The van der Waals surface area contributed by atoms with Gasteiger partial charge in [-0.05, 0) is 32.7 Å². The highest BCUT2D eigenvalue weighted by Gasteiger charge is 2.22. The molecule has 152 valence electrons. The molecule has 0 spiro atoms. The number of carbonyl (C=O) groups excluding carboxylic acids is 2. The van der Waals surface area contributed by atoms with Crippen molar-refractivity contribution in [3.05, 3.63) is 10.4 Å². The van der Waals surface area contributed by atoms with Gasteiger partial charge in [-0.25, -0.2) is 4.79 Å². The summed E-state index contributed by atoms with van der Waals surface area (Å²) in [5.74, 6) is 5.05. The second-order valence-corrected chi connectivity index (χ2v) is 6.56. The van der Waals surface area contributed by atoms with Gasteiger partial charge in [0.05, 0.1) is 18.9 Å². The van der Waals surface area contributed by atoms with E-state index in [9.17, 15) is 9.59 Å². The zero-order valence-electron chi connectivity index (χ0n) is 16.4. The summed E-state index contributed by atoms with van der Waals surface area (Å²) in [4.78, 5) is 31.3. The lowest BCUT2D eigenvalue weighted by Crippen LogP contribution is -2.41. The largest absolute Gasteiger partial charge is 0.466 e. The second kappa shape index (κ2) is 13.4. The van der Waals surface area contributed by atoms with E-state index in [1.165, 1.54) is 18.0 Å². The number of hydrogen-bond donors (Lipinski definition) is 1. The topological polar surface area (TPSA) is 155 Å². The van der Waals surface area contributed by atoms with Gasteiger partial charge in [0, 0.05) is 44.1 Å². The minimum Gasteiger partial charge on any atom is -0.466 e. The summed E-state index contributed by atoms with van der Waals surface area (Å²) < 4.78 is 10.2. The first-order valence-electron chi connectivity index (χ1n) is 8.58. The molecule has 0 aliphatic carbocycles. The maximum atomic E-state index is 12.4. The molecule has 11 heteroatoms. The van der Waals surface area contributed by atoms with Crippen LogP contribution in [0.15, 0.2) is 15.2 Å². The summed E-state index contributed by atoms with van der Waals surface area (Å²) in [5, 5.41) is 7.10. The van der Waals surface area contributed by atoms with Gasteiger partial charge in [0.1, 0.15) is 5.60 Å². The SMILES string of the molecule is CC(=O)OCCCN=CC(CN(CCCN=[N+]=[N-])C(=O)OC(C)(C)C)=NN. The van der Waals surface area contributed by atoms with Crippen LogP contribution in [0.1, 0.15) is 40.5 Å². The van der Waals surface area contributed by atoms with Gasteiger partial charge in [-0.1, -0.05) is 5.11 Å². The molecule has 0 aromatic rings. The lowest BCUT2D eigenvalue weighted by atomic mass is 10.2. The van der Waals surface area contributed by atoms with Gasteiger partial charge in [-0.2, -0.15) is 5.10 Å². The first kappa shape index (κ1) is 24.2. The van der Waals surface area contributed by atoms with Gasteiger partial charge < -0.3 is 20.2 Å². The monoisotopic (exact) mass is 383 g/mol. The first-order chi connectivity index (χ1) is 12.7. The number of nitrogens with two attached hydrogens (primary N) is 1. The van der Waals surface area contributed by atoms with Crippen molar-refractivity contribution in [1.29, 1.82) is 0 Å². The van der Waals surface area contributed by atoms with Gasteiger partial charge >= 0.3 is 12.1 Å². The molecule has 0 aliphatic heterocycles. The minimum absolute atomic E-state index is 0.106. The molecule has 0 rings (SSSR count). The van der Waals surface area contributed by atoms with Gasteiger partial charge in [0.15, 0.2) is 0 Å². The Morgan fingerprint density at radius 3 is 2.52 bits per heavy atom. The standard InChI is InChI=1S/C16H29N7O4/c1-13(24)26-10-6-7-19-11-14(21-17)12-23(9-5-8-20-22-18)15(25)27-16(2,3)4/h11H,5-10,12,17H2,1-4H3. The number of esters is 1. The Bertz CT molecular complexity index is 578. The Morgan fingerprint density at radius 2 is 1.96 bits per heavy atom. The minimum atomic E-state index is -0.648. The molecule has 0 fully saturated rings. The smallest absolute Gasteiger partial charge is 0.410 e. The summed E-state index contributed by atoms with van der Waals surface area (Å²) in [6, 6.07) is 0. The maximum absolute atomic E-state index is 12.4. The maximum Gasteiger partial charge on any atom is 0.410 e. The van der Waals surface area contributed by atoms with Crippen LogP contribution in [0.5, 0.6) is 0 Å². The molecule has 0 saturated heterocycles. The molecule has 0 aliphatic rings. The number of ether oxygens (including phenoxy) is 2. The molecule has 0 bridgehead atoms. The lowest BCUT2D eigenvalue weighted by molar-refractivity contribution is -0.140. The summed E-state index contributed by atoms with van der Waals surface area (Å²) in [7, 11) is 0. The van der Waals surface area contributed by atoms with Gasteiger partial charge in [-0.15, -0.1) is 0 Å². The molecular formula is C16H29N7O4. The summed E-state index contributed by atoms with van der Waals surface area (Å²) in [6.45, 7) is 8.04. The van der Waals surface area contributed by atoms with Crippen LogP contribution in [0.4, 0.5) is 4.79 Å². The summed E-state index contributed by atoms with van der Waals surface area (Å²) in [5.41, 5.74) is 8.08. The van der Waals surface area contributed by atoms with Crippen LogP contribution in [0, 0.1) is 0 Å². The molecule has 27 heavy (non-hydrogen) atoms. The van der Waals surface area contributed by atoms with Gasteiger partial charge in [0.25, 0.3) is 0 Å². The lowest BCUT2D eigenvalue weighted by Gasteiger charge is -2.27. The second-order valence-electron chi connectivity index (χ2n) is 6.56. The normalized spacial score (nSPS) is 11.8. The van der Waals surface area contributed by atoms with E-state index in [-0.39, 0.29) is 25.7 Å². The fourth-order valence-corrected chi connectivity index (χ4v) is 1.79. The quantitative estimate of drug-likeness (QED) is 0.0846. The number of nitrogens with zero attached hydrogens (tertiary/aromatic N) is 6. The Hall–Kier alpha value is -2.81. The number of aliphatic imine (C=N–C) groups is 1. The van der Waals surface area contributed by atoms with Crippen molar-refractivity contribution in [2.24, 2.45) is 21.1 Å². The number of hydrogen-bond acceptors (Lipinski definition) is 8. The summed E-state index contributed by atoms with van der Waals surface area (Å²) in [6.07, 6.45) is 1.99. The van der Waals surface area contributed by atoms with Crippen LogP contribution in [0.3, 0.4) is 0 Å². The van der Waals surface area contributed by atoms with E-state index in [1.807, 2.05) is 0 Å². The van der Waals surface area contributed by atoms with E-state index in [2.05, 4.69) is 20.1 Å². The number of hydrazone groups is 1. The molecule has 0 aromatic carbocycles. The predicted molar refractivity (Wildman–Crippen MR) is 103 cm³/mol. The van der Waals surface area contributed by atoms with Crippen molar-refractivity contribution < 1.29 is 19.1 Å². The van der Waals surface area contributed by atoms with E-state index < -0.39 is 11.7 Å². The average molecular weight is 383 g/mol. The van der Waals surface area contributed by atoms with Crippen LogP contribution >= 0.6 is 0 Å². The van der Waals surface area contributed by atoms with E-state index in [1.54, 1.807) is 20.8 Å². The van der Waals surface area contributed by atoms with Crippen LogP contribution in [-0.2, 0) is 14.3 Å². The van der Waals surface area contributed by atoms with Crippen molar-refractivity contribution in [2.75, 3.05) is 32.8 Å². The van der Waals surface area contributed by atoms with Crippen molar-refractivity contribution in [2.45, 2.75) is 46.1 Å². The van der Waals surface area contributed by atoms with E-state index in [4.69, 9.17) is 20.8 Å². The van der Waals surface area contributed by atoms with Crippen molar-refractivity contribution >= 4 is 24.0 Å². The fourth-order valence-electron chi connectivity index (χ4n) is 1.79. The molecule has 11 nitrogen and oxygen atoms in total. The van der Waals surface area contributed by atoms with Crippen molar-refractivity contribution in [3.63, 3.8) is 0 Å². The Kier molecular flexibility index (Phi) is 12.0. The van der Waals surface area contributed by atoms with Crippen molar-refractivity contribution in [1.82, 2.24) is 4.90 Å². The molecule has 0 radical (unpaired) electrons. The van der Waals surface area contributed by atoms with E-state index >= 15 is 0 Å². The number of amides is 1. The highest BCUT2D eigenvalue weighted by atomic mass is 16.6. The molecular weight excluding hydrogens is 354 g/mol. The highest BCUT2D eigenvalue weighted by Crippen LogP contribution is 2.10. The third-order valence-electron chi connectivity index (χ3n) is 2.90. The molecule has 0 atom stereocenters. The van der Waals surface area contributed by atoms with E-state index in [0.29, 0.717) is 31.6 Å². The zero-order chi connectivity index (χ0) is 20.7.